The Bertz CT molecular complexity index is 710. The fraction of sp³-hybridized carbons (Fsp3) is 0.588. The second-order valence-corrected chi connectivity index (χ2v) is 9.13. The van der Waals surface area contributed by atoms with Gasteiger partial charge >= 0.3 is 0 Å². The van der Waals surface area contributed by atoms with Crippen LogP contribution in [0.25, 0.3) is 0 Å². The molecule has 0 radical (unpaired) electrons. The molecular weight excluding hydrogens is 364 g/mol. The van der Waals surface area contributed by atoms with Gasteiger partial charge in [0.15, 0.2) is 9.84 Å². The maximum Gasteiger partial charge on any atom is 0.239 e. The smallest absolute Gasteiger partial charge is 0.239 e. The molecule has 6 nitrogen and oxygen atoms in total. The van der Waals surface area contributed by atoms with E-state index in [1.807, 2.05) is 31.0 Å². The number of ether oxygens (including phenoxy) is 1. The van der Waals surface area contributed by atoms with E-state index in [4.69, 9.17) is 16.3 Å². The lowest BCUT2D eigenvalue weighted by Gasteiger charge is -2.31. The average molecular weight is 389 g/mol. The highest BCUT2D eigenvalue weighted by molar-refractivity contribution is 7.91. The first-order valence-corrected chi connectivity index (χ1v) is 10.5. The van der Waals surface area contributed by atoms with Gasteiger partial charge in [-0.05, 0) is 38.6 Å². The van der Waals surface area contributed by atoms with Crippen molar-refractivity contribution in [2.75, 3.05) is 38.8 Å². The number of hydrogen-bond donors (Lipinski definition) is 0. The van der Waals surface area contributed by atoms with Crippen molar-refractivity contribution in [1.29, 1.82) is 0 Å². The zero-order valence-electron chi connectivity index (χ0n) is 14.8. The van der Waals surface area contributed by atoms with Crippen molar-refractivity contribution in [2.45, 2.75) is 25.4 Å². The van der Waals surface area contributed by atoms with E-state index in [2.05, 4.69) is 0 Å². The van der Waals surface area contributed by atoms with Gasteiger partial charge in [-0.25, -0.2) is 8.42 Å². The Labute approximate surface area is 154 Å². The zero-order chi connectivity index (χ0) is 18.6. The number of halogens is 1. The SMILES string of the molecule is C[C@H](C(=O)N(C)[C@@H]1CCS(=O)(=O)C1)N(C)CCOc1cccc(Cl)c1. The van der Waals surface area contributed by atoms with Crippen LogP contribution in [0.15, 0.2) is 24.3 Å². The number of amides is 1. The molecule has 8 heteroatoms. The normalized spacial score (nSPS) is 20.4. The molecule has 0 saturated carbocycles. The van der Waals surface area contributed by atoms with Crippen molar-refractivity contribution in [1.82, 2.24) is 9.80 Å². The summed E-state index contributed by atoms with van der Waals surface area (Å²) in [6.07, 6.45) is 0.513. The molecule has 0 unspecified atom stereocenters. The van der Waals surface area contributed by atoms with Crippen LogP contribution < -0.4 is 4.74 Å². The number of carbonyl (C=O) groups is 1. The molecule has 1 heterocycles. The van der Waals surface area contributed by atoms with Gasteiger partial charge < -0.3 is 9.64 Å². The minimum absolute atomic E-state index is 0.0591. The van der Waals surface area contributed by atoms with E-state index in [-0.39, 0.29) is 29.5 Å². The van der Waals surface area contributed by atoms with Gasteiger partial charge in [0.25, 0.3) is 0 Å². The van der Waals surface area contributed by atoms with E-state index in [0.29, 0.717) is 30.3 Å². The molecule has 1 aliphatic rings. The van der Waals surface area contributed by atoms with Gasteiger partial charge in [-0.1, -0.05) is 17.7 Å². The van der Waals surface area contributed by atoms with Gasteiger partial charge in [-0.3, -0.25) is 9.69 Å². The van der Waals surface area contributed by atoms with Gasteiger partial charge in [-0.2, -0.15) is 0 Å². The van der Waals surface area contributed by atoms with Crippen molar-refractivity contribution < 1.29 is 17.9 Å². The highest BCUT2D eigenvalue weighted by atomic mass is 35.5. The first-order valence-electron chi connectivity index (χ1n) is 8.25. The topological polar surface area (TPSA) is 66.9 Å². The molecule has 2 rings (SSSR count). The van der Waals surface area contributed by atoms with Crippen LogP contribution in [0.4, 0.5) is 0 Å². The second kappa shape index (κ2) is 8.38. The molecular formula is C17H25ClN2O4S. The van der Waals surface area contributed by atoms with Gasteiger partial charge in [0, 0.05) is 24.7 Å². The summed E-state index contributed by atoms with van der Waals surface area (Å²) in [6, 6.07) is 6.59. The molecule has 1 aliphatic heterocycles. The third kappa shape index (κ3) is 5.59. The van der Waals surface area contributed by atoms with Crippen LogP contribution in [0, 0.1) is 0 Å². The number of rotatable bonds is 7. The van der Waals surface area contributed by atoms with E-state index in [9.17, 15) is 13.2 Å². The summed E-state index contributed by atoms with van der Waals surface area (Å²) in [6.45, 7) is 2.81. The predicted octanol–water partition coefficient (Wildman–Crippen LogP) is 1.68. The minimum Gasteiger partial charge on any atom is -0.492 e. The van der Waals surface area contributed by atoms with E-state index in [1.165, 1.54) is 0 Å². The van der Waals surface area contributed by atoms with Crippen LogP contribution in [0.5, 0.6) is 5.75 Å². The van der Waals surface area contributed by atoms with Crippen molar-refractivity contribution in [3.05, 3.63) is 29.3 Å². The van der Waals surface area contributed by atoms with Gasteiger partial charge in [0.05, 0.1) is 17.5 Å². The Morgan fingerprint density at radius 2 is 2.12 bits per heavy atom. The summed E-state index contributed by atoms with van der Waals surface area (Å²) in [4.78, 5) is 16.1. The van der Waals surface area contributed by atoms with Crippen LogP contribution in [-0.4, -0.2) is 75.0 Å². The summed E-state index contributed by atoms with van der Waals surface area (Å²) >= 11 is 5.91. The van der Waals surface area contributed by atoms with Crippen LogP contribution in [-0.2, 0) is 14.6 Å². The first-order chi connectivity index (χ1) is 11.7. The molecule has 0 N–H and O–H groups in total. The zero-order valence-corrected chi connectivity index (χ0v) is 16.4. The molecule has 1 amide bonds. The molecule has 0 aromatic heterocycles. The fourth-order valence-corrected chi connectivity index (χ4v) is 4.76. The quantitative estimate of drug-likeness (QED) is 0.711. The van der Waals surface area contributed by atoms with Gasteiger partial charge in [0.2, 0.25) is 5.91 Å². The third-order valence-electron chi connectivity index (χ3n) is 4.63. The maximum atomic E-state index is 12.6. The maximum absolute atomic E-state index is 12.6. The van der Waals surface area contributed by atoms with Crippen LogP contribution in [0.1, 0.15) is 13.3 Å². The molecule has 1 aromatic carbocycles. The Hall–Kier alpha value is -1.31. The van der Waals surface area contributed by atoms with E-state index < -0.39 is 9.84 Å². The van der Waals surface area contributed by atoms with E-state index in [1.54, 1.807) is 24.1 Å². The summed E-state index contributed by atoms with van der Waals surface area (Å²) < 4.78 is 28.8. The molecule has 0 spiro atoms. The number of hydrogen-bond acceptors (Lipinski definition) is 5. The fourth-order valence-electron chi connectivity index (χ4n) is 2.80. The van der Waals surface area contributed by atoms with Crippen molar-refractivity contribution >= 4 is 27.3 Å². The van der Waals surface area contributed by atoms with E-state index in [0.717, 1.165) is 0 Å². The Balaban J connectivity index is 1.82. The lowest BCUT2D eigenvalue weighted by molar-refractivity contribution is -0.136. The summed E-state index contributed by atoms with van der Waals surface area (Å²) in [5, 5.41) is 0.613. The Morgan fingerprint density at radius 1 is 1.40 bits per heavy atom. The molecule has 1 fully saturated rings. The highest BCUT2D eigenvalue weighted by Gasteiger charge is 2.34. The molecule has 1 aromatic rings. The third-order valence-corrected chi connectivity index (χ3v) is 6.62. The number of sulfone groups is 1. The summed E-state index contributed by atoms with van der Waals surface area (Å²) in [7, 11) is 0.525. The van der Waals surface area contributed by atoms with E-state index >= 15 is 0 Å². The molecule has 140 valence electrons. The molecule has 0 bridgehead atoms. The minimum atomic E-state index is -3.01. The van der Waals surface area contributed by atoms with Crippen molar-refractivity contribution in [3.8, 4) is 5.75 Å². The Kier molecular flexibility index (Phi) is 6.71. The number of nitrogens with zero attached hydrogens (tertiary/aromatic N) is 2. The largest absolute Gasteiger partial charge is 0.492 e. The first kappa shape index (κ1) is 20.0. The lowest BCUT2D eigenvalue weighted by atomic mass is 10.2. The average Bonchev–Trinajstić information content (AvgIpc) is 2.92. The number of benzene rings is 1. The van der Waals surface area contributed by atoms with Gasteiger partial charge in [0.1, 0.15) is 12.4 Å². The van der Waals surface area contributed by atoms with Crippen molar-refractivity contribution in [2.24, 2.45) is 0 Å². The predicted molar refractivity (Wildman–Crippen MR) is 98.9 cm³/mol. The second-order valence-electron chi connectivity index (χ2n) is 6.47. The standard InChI is InChI=1S/C17H25ClN2O4S/c1-13(17(21)20(3)15-7-10-25(22,23)12-15)19(2)8-9-24-16-6-4-5-14(18)11-16/h4-6,11,13,15H,7-10,12H2,1-3H3/t13-,15-/m1/s1. The van der Waals surface area contributed by atoms with Crippen molar-refractivity contribution in [3.63, 3.8) is 0 Å². The van der Waals surface area contributed by atoms with Crippen LogP contribution >= 0.6 is 11.6 Å². The van der Waals surface area contributed by atoms with Crippen LogP contribution in [0.2, 0.25) is 5.02 Å². The monoisotopic (exact) mass is 388 g/mol. The lowest BCUT2D eigenvalue weighted by Crippen LogP contribution is -2.49. The molecule has 1 saturated heterocycles. The van der Waals surface area contributed by atoms with Gasteiger partial charge in [-0.15, -0.1) is 0 Å². The highest BCUT2D eigenvalue weighted by Crippen LogP contribution is 2.19. The Morgan fingerprint density at radius 3 is 2.72 bits per heavy atom. The molecule has 0 aliphatic carbocycles. The number of likely N-dealkylation sites (N-methyl/N-ethyl adjacent to an activating group) is 2. The summed E-state index contributed by atoms with van der Waals surface area (Å²) in [5.74, 6) is 0.830. The molecule has 2 atom stereocenters. The number of carbonyl (C=O) groups excluding carboxylic acids is 1. The molecule has 25 heavy (non-hydrogen) atoms. The summed E-state index contributed by atoms with van der Waals surface area (Å²) in [5.41, 5.74) is 0. The van der Waals surface area contributed by atoms with Crippen LogP contribution in [0.3, 0.4) is 0 Å².